The van der Waals surface area contributed by atoms with Crippen LogP contribution in [0.1, 0.15) is 49.9 Å². The molecular weight excluding hydrogens is 761 g/mol. The van der Waals surface area contributed by atoms with Gasteiger partial charge in [-0.05, 0) is 0 Å². The molecule has 238 valence electrons. The second kappa shape index (κ2) is 13.3. The summed E-state index contributed by atoms with van der Waals surface area (Å²) in [5, 5.41) is 0. The second-order valence-electron chi connectivity index (χ2n) is 13.8. The molecule has 0 amide bonds. The topological polar surface area (TPSA) is 6.48 Å². The van der Waals surface area contributed by atoms with Crippen molar-refractivity contribution in [2.45, 2.75) is 38.5 Å². The summed E-state index contributed by atoms with van der Waals surface area (Å²) < 4.78 is 1.18. The summed E-state index contributed by atoms with van der Waals surface area (Å²) in [6.45, 7) is 9.36. The Hall–Kier alpha value is -4.39. The van der Waals surface area contributed by atoms with E-state index < -0.39 is 0 Å². The molecule has 5 heteroatoms. The van der Waals surface area contributed by atoms with Crippen LogP contribution in [-0.2, 0) is 30.2 Å². The van der Waals surface area contributed by atoms with E-state index in [0.717, 1.165) is 0 Å². The van der Waals surface area contributed by atoms with E-state index in [-0.39, 0.29) is 24.3 Å². The van der Waals surface area contributed by atoms with E-state index in [1.807, 2.05) is 0 Å². The Bertz CT molecular complexity index is 1830. The van der Waals surface area contributed by atoms with Gasteiger partial charge in [0, 0.05) is 0 Å². The van der Waals surface area contributed by atoms with E-state index in [9.17, 15) is 0 Å². The third-order valence-electron chi connectivity index (χ3n) is 10.2. The van der Waals surface area contributed by atoms with Gasteiger partial charge >= 0.3 is 300 Å². The van der Waals surface area contributed by atoms with Gasteiger partial charge in [0.25, 0.3) is 0 Å². The van der Waals surface area contributed by atoms with Gasteiger partial charge in [-0.3, -0.25) is 0 Å². The summed E-state index contributed by atoms with van der Waals surface area (Å²) in [6.07, 6.45) is 0. The summed E-state index contributed by atoms with van der Waals surface area (Å²) in [5.74, 6) is 0. The predicted octanol–water partition coefficient (Wildman–Crippen LogP) is 8.18. The van der Waals surface area contributed by atoms with Gasteiger partial charge in [-0.15, -0.1) is 0 Å². The minimum atomic E-state index is -0.105. The van der Waals surface area contributed by atoms with E-state index in [1.165, 1.54) is 48.7 Å². The van der Waals surface area contributed by atoms with Crippen LogP contribution in [-0.4, -0.2) is 17.6 Å². The summed E-state index contributed by atoms with van der Waals surface area (Å²) in [5.41, 5.74) is 10.00. The van der Waals surface area contributed by atoms with Crippen LogP contribution in [0.25, 0.3) is 0 Å². The van der Waals surface area contributed by atoms with Crippen LogP contribution < -0.4 is 20.5 Å². The van der Waals surface area contributed by atoms with Crippen molar-refractivity contribution in [1.29, 1.82) is 0 Å². The normalized spacial score (nSPS) is 13.8. The van der Waals surface area contributed by atoms with Crippen LogP contribution in [0.4, 0.5) is 11.4 Å². The van der Waals surface area contributed by atoms with Gasteiger partial charge < -0.3 is 0 Å². The first kappa shape index (κ1) is 32.2. The maximum absolute atomic E-state index is 2.55. The predicted molar refractivity (Wildman–Crippen MR) is 204 cm³/mol. The number of anilines is 2. The number of nitrogens with zero attached hydrogens (tertiary/aromatic N) is 2. The number of rotatable bonds is 8. The summed E-state index contributed by atoms with van der Waals surface area (Å²) in [7, 11) is 0. The second-order valence-corrected chi connectivity index (χ2v) is 14.8. The number of hydrogen-bond acceptors (Lipinski definition) is 2. The Morgan fingerprint density at radius 1 is 0.375 bits per heavy atom. The van der Waals surface area contributed by atoms with E-state index in [4.69, 9.17) is 0 Å². The average molecular weight is 802 g/mol. The fourth-order valence-electron chi connectivity index (χ4n) is 7.21. The van der Waals surface area contributed by atoms with Gasteiger partial charge in [-0.25, -0.2) is 0 Å². The van der Waals surface area contributed by atoms with Crippen molar-refractivity contribution in [1.82, 2.24) is 0 Å². The zero-order chi connectivity index (χ0) is 33.3. The van der Waals surface area contributed by atoms with Gasteiger partial charge in [0.2, 0.25) is 0 Å². The molecule has 0 aromatic heterocycles. The standard InChI is InChI=1S/C43H40B2N2.Pt/c1-42(2,34-17-9-5-10-18-34)36-25-29-38(30-26-36)44-45(39-31-27-37(28-32-39)43(3,4)35-19-11-6-12-20-35)47(41-23-15-8-16-24-41)33-46(44)40-21-13-7-14-22-40;/h5-32H,1-4H3;. The maximum atomic E-state index is 2.55. The fourth-order valence-corrected chi connectivity index (χ4v) is 8.42. The summed E-state index contributed by atoms with van der Waals surface area (Å²) in [4.78, 5) is 5.05. The van der Waals surface area contributed by atoms with Crippen molar-refractivity contribution in [3.63, 3.8) is 0 Å². The van der Waals surface area contributed by atoms with Crippen molar-refractivity contribution in [3.05, 3.63) is 192 Å². The van der Waals surface area contributed by atoms with Crippen molar-refractivity contribution in [2.75, 3.05) is 9.62 Å². The molecule has 6 aromatic rings. The van der Waals surface area contributed by atoms with Gasteiger partial charge in [-0.1, -0.05) is 0 Å². The Morgan fingerprint density at radius 3 is 0.958 bits per heavy atom. The van der Waals surface area contributed by atoms with Crippen LogP contribution >= 0.6 is 0 Å². The molecule has 1 fully saturated rings. The van der Waals surface area contributed by atoms with Gasteiger partial charge in [0.1, 0.15) is 0 Å². The van der Waals surface area contributed by atoms with E-state index in [2.05, 4.69) is 227 Å². The molecule has 6 aromatic carbocycles. The quantitative estimate of drug-likeness (QED) is 0.144. The molecule has 0 N–H and O–H groups in total. The zero-order valence-electron chi connectivity index (χ0n) is 28.0. The minimum absolute atomic E-state index is 0.0435. The monoisotopic (exact) mass is 801 g/mol. The first-order chi connectivity index (χ1) is 23.3. The van der Waals surface area contributed by atoms with E-state index in [1.54, 1.807) is 0 Å². The molecule has 1 aliphatic rings. The molecular formula is C43H40B2N2Pt. The molecule has 2 nitrogen and oxygen atoms in total. The molecule has 1 aliphatic heterocycles. The Kier molecular flexibility index (Phi) is 8.88. The average Bonchev–Trinajstić information content (AvgIpc) is 3.45. The summed E-state index contributed by atoms with van der Waals surface area (Å²) in [6, 6.07) is 62.1. The first-order valence-corrected chi connectivity index (χ1v) is 17.9. The molecule has 0 spiro atoms. The Balaban J connectivity index is 1.36. The zero-order valence-corrected chi connectivity index (χ0v) is 30.3. The van der Waals surface area contributed by atoms with Gasteiger partial charge in [-0.2, -0.15) is 0 Å². The van der Waals surface area contributed by atoms with Crippen molar-refractivity contribution < 1.29 is 19.4 Å². The number of para-hydroxylation sites is 2. The van der Waals surface area contributed by atoms with Crippen LogP contribution in [0.2, 0.25) is 0 Å². The third-order valence-corrected chi connectivity index (χ3v) is 11.3. The van der Waals surface area contributed by atoms with Crippen LogP contribution in [0.5, 0.6) is 0 Å². The van der Waals surface area contributed by atoms with Crippen molar-refractivity contribution >= 4 is 39.9 Å². The molecule has 0 saturated carbocycles. The van der Waals surface area contributed by atoms with Crippen LogP contribution in [0, 0.1) is 0 Å². The molecule has 0 bridgehead atoms. The van der Waals surface area contributed by atoms with Crippen molar-refractivity contribution in [2.24, 2.45) is 0 Å². The first-order valence-electron chi connectivity index (χ1n) is 16.8. The van der Waals surface area contributed by atoms with Crippen LogP contribution in [0.3, 0.4) is 0 Å². The summed E-state index contributed by atoms with van der Waals surface area (Å²) >= 11 is 2.55. The molecule has 1 saturated heterocycles. The van der Waals surface area contributed by atoms with Gasteiger partial charge in [0.15, 0.2) is 0 Å². The van der Waals surface area contributed by atoms with E-state index in [0.29, 0.717) is 0 Å². The molecule has 0 radical (unpaired) electrons. The number of benzene rings is 6. The van der Waals surface area contributed by atoms with E-state index >= 15 is 0 Å². The Labute approximate surface area is 298 Å². The molecule has 48 heavy (non-hydrogen) atoms. The molecule has 0 atom stereocenters. The van der Waals surface area contributed by atoms with Gasteiger partial charge in [0.05, 0.1) is 0 Å². The Morgan fingerprint density at radius 2 is 0.646 bits per heavy atom. The fraction of sp³-hybridized carbons (Fsp3) is 0.140. The SMILES string of the molecule is CC(C)(c1ccccc1)c1ccc(B2B(c3ccc(C(C)(C)c4ccccc4)cc3)N(c3ccccc3)[C](=[Pt])N2c2ccccc2)cc1. The third kappa shape index (κ3) is 5.93. The molecule has 0 unspecified atom stereocenters. The number of hydrogen-bond donors (Lipinski definition) is 0. The van der Waals surface area contributed by atoms with Crippen LogP contribution in [0.15, 0.2) is 170 Å². The molecule has 1 heterocycles. The van der Waals surface area contributed by atoms with Crippen molar-refractivity contribution in [3.8, 4) is 0 Å². The molecule has 0 aliphatic carbocycles. The molecule has 7 rings (SSSR count).